The summed E-state index contributed by atoms with van der Waals surface area (Å²) in [5, 5.41) is 5.63. The smallest absolute Gasteiger partial charge is 0.231 e. The summed E-state index contributed by atoms with van der Waals surface area (Å²) in [4.78, 5) is 4.72. The second-order valence-corrected chi connectivity index (χ2v) is 7.75. The molecule has 0 unspecified atom stereocenters. The van der Waals surface area contributed by atoms with Crippen molar-refractivity contribution in [3.05, 3.63) is 65.1 Å². The van der Waals surface area contributed by atoms with E-state index in [1.165, 1.54) is 12.1 Å². The Balaban J connectivity index is 1.66. The maximum absolute atomic E-state index is 13.7. The van der Waals surface area contributed by atoms with Crippen molar-refractivity contribution in [3.8, 4) is 17.2 Å². The molecule has 2 aliphatic heterocycles. The third kappa shape index (κ3) is 2.70. The van der Waals surface area contributed by atoms with E-state index in [4.69, 9.17) is 14.5 Å². The summed E-state index contributed by atoms with van der Waals surface area (Å²) in [5.41, 5.74) is 3.67. The van der Waals surface area contributed by atoms with Gasteiger partial charge in [0.15, 0.2) is 17.3 Å². The zero-order valence-corrected chi connectivity index (χ0v) is 15.6. The number of fused-ring (bicyclic) bond motifs is 2. The first-order chi connectivity index (χ1) is 13.1. The molecule has 0 saturated heterocycles. The lowest BCUT2D eigenvalue weighted by molar-refractivity contribution is 0.174. The molecule has 0 aliphatic carbocycles. The van der Waals surface area contributed by atoms with Gasteiger partial charge in [0.05, 0.1) is 21.7 Å². The van der Waals surface area contributed by atoms with Gasteiger partial charge in [0.1, 0.15) is 5.82 Å². The van der Waals surface area contributed by atoms with Crippen LogP contribution in [0.4, 0.5) is 10.2 Å². The minimum absolute atomic E-state index is 0.0364. The number of aromatic nitrogens is 2. The Kier molecular flexibility index (Phi) is 3.72. The van der Waals surface area contributed by atoms with Crippen LogP contribution in [-0.2, 0) is 0 Å². The number of aliphatic imine (C=N–C) groups is 1. The molecular formula is C20H16FN3O2S. The first-order valence-corrected chi connectivity index (χ1v) is 9.45. The highest BCUT2D eigenvalue weighted by Crippen LogP contribution is 2.49. The molecule has 2 aromatic carbocycles. The molecule has 0 radical (unpaired) electrons. The molecule has 1 aromatic heterocycles. The van der Waals surface area contributed by atoms with Gasteiger partial charge in [-0.05, 0) is 49.7 Å². The number of hydrogen-bond donors (Lipinski definition) is 0. The number of hydrogen-bond acceptors (Lipinski definition) is 5. The van der Waals surface area contributed by atoms with E-state index in [0.29, 0.717) is 5.69 Å². The minimum atomic E-state index is -0.299. The van der Waals surface area contributed by atoms with Crippen LogP contribution in [0, 0.1) is 12.7 Å². The lowest BCUT2D eigenvalue weighted by atomic mass is 10.0. The molecule has 2 aliphatic rings. The Morgan fingerprint density at radius 1 is 1.11 bits per heavy atom. The average Bonchev–Trinajstić information content (AvgIpc) is 3.25. The molecule has 0 N–H and O–H groups in total. The predicted molar refractivity (Wildman–Crippen MR) is 103 cm³/mol. The topological polar surface area (TPSA) is 48.6 Å². The fourth-order valence-electron chi connectivity index (χ4n) is 3.45. The molecule has 0 spiro atoms. The number of nitrogens with zero attached hydrogens (tertiary/aromatic N) is 3. The molecule has 136 valence electrons. The normalized spacial score (nSPS) is 17.6. The van der Waals surface area contributed by atoms with Crippen LogP contribution < -0.4 is 9.47 Å². The maximum atomic E-state index is 13.7. The summed E-state index contributed by atoms with van der Waals surface area (Å²) in [5.74, 6) is 1.96. The van der Waals surface area contributed by atoms with Crippen molar-refractivity contribution in [1.29, 1.82) is 0 Å². The van der Waals surface area contributed by atoms with Gasteiger partial charge in [0.25, 0.3) is 0 Å². The van der Waals surface area contributed by atoms with E-state index >= 15 is 0 Å². The molecular weight excluding hydrogens is 365 g/mol. The van der Waals surface area contributed by atoms with E-state index in [2.05, 4.69) is 5.10 Å². The highest BCUT2D eigenvalue weighted by Gasteiger charge is 2.31. The van der Waals surface area contributed by atoms with Crippen molar-refractivity contribution in [1.82, 2.24) is 9.78 Å². The Morgan fingerprint density at radius 3 is 2.81 bits per heavy atom. The molecule has 3 heterocycles. The zero-order valence-electron chi connectivity index (χ0n) is 14.8. The van der Waals surface area contributed by atoms with E-state index in [9.17, 15) is 4.39 Å². The largest absolute Gasteiger partial charge is 0.454 e. The lowest BCUT2D eigenvalue weighted by Crippen LogP contribution is -2.06. The van der Waals surface area contributed by atoms with Crippen molar-refractivity contribution >= 4 is 22.6 Å². The standard InChI is InChI=1S/C20H16FN3O2S/c1-11-18-19(13-6-7-16-17(8-13)26-10-25-16)27-12(2)22-20(18)24(23-11)15-5-3-4-14(21)9-15/h3-9,19H,10H2,1-2H3/t19-/m0/s1. The molecule has 0 bridgehead atoms. The van der Waals surface area contributed by atoms with Crippen LogP contribution in [0.25, 0.3) is 5.69 Å². The summed E-state index contributed by atoms with van der Waals surface area (Å²) in [6, 6.07) is 12.4. The first kappa shape index (κ1) is 16.4. The summed E-state index contributed by atoms with van der Waals surface area (Å²) >= 11 is 1.68. The Morgan fingerprint density at radius 2 is 1.96 bits per heavy atom. The second kappa shape index (κ2) is 6.13. The van der Waals surface area contributed by atoms with Gasteiger partial charge in [-0.15, -0.1) is 0 Å². The van der Waals surface area contributed by atoms with Crippen LogP contribution in [0.15, 0.2) is 47.5 Å². The van der Waals surface area contributed by atoms with Crippen LogP contribution in [0.5, 0.6) is 11.5 Å². The zero-order chi connectivity index (χ0) is 18.5. The molecule has 0 saturated carbocycles. The van der Waals surface area contributed by atoms with Gasteiger partial charge in [-0.1, -0.05) is 23.9 Å². The van der Waals surface area contributed by atoms with Crippen LogP contribution >= 0.6 is 11.8 Å². The number of rotatable bonds is 2. The van der Waals surface area contributed by atoms with Crippen molar-refractivity contribution < 1.29 is 13.9 Å². The average molecular weight is 381 g/mol. The fourth-order valence-corrected chi connectivity index (χ4v) is 4.60. The molecule has 3 aromatic rings. The van der Waals surface area contributed by atoms with Gasteiger partial charge in [-0.2, -0.15) is 5.10 Å². The Bertz CT molecular complexity index is 1090. The van der Waals surface area contributed by atoms with Crippen LogP contribution in [0.2, 0.25) is 0 Å². The first-order valence-electron chi connectivity index (χ1n) is 8.57. The van der Waals surface area contributed by atoms with Gasteiger partial charge < -0.3 is 9.47 Å². The third-order valence-electron chi connectivity index (χ3n) is 4.65. The predicted octanol–water partition coefficient (Wildman–Crippen LogP) is 4.93. The molecule has 0 amide bonds. The number of thioether (sulfide) groups is 1. The molecule has 7 heteroatoms. The van der Waals surface area contributed by atoms with Gasteiger partial charge in [-0.3, -0.25) is 0 Å². The van der Waals surface area contributed by atoms with Crippen LogP contribution in [-0.4, -0.2) is 21.6 Å². The van der Waals surface area contributed by atoms with Crippen molar-refractivity contribution in [2.45, 2.75) is 19.1 Å². The summed E-state index contributed by atoms with van der Waals surface area (Å²) in [6.45, 7) is 4.19. The number of benzene rings is 2. The Hall–Kier alpha value is -2.80. The summed E-state index contributed by atoms with van der Waals surface area (Å²) in [7, 11) is 0. The number of halogens is 1. The van der Waals surface area contributed by atoms with Crippen molar-refractivity contribution in [3.63, 3.8) is 0 Å². The van der Waals surface area contributed by atoms with Crippen LogP contribution in [0.1, 0.15) is 29.0 Å². The summed E-state index contributed by atoms with van der Waals surface area (Å²) in [6.07, 6.45) is 0. The van der Waals surface area contributed by atoms with E-state index in [1.807, 2.05) is 38.1 Å². The van der Waals surface area contributed by atoms with Crippen molar-refractivity contribution in [2.75, 3.05) is 6.79 Å². The summed E-state index contributed by atoms with van der Waals surface area (Å²) < 4.78 is 26.4. The van der Waals surface area contributed by atoms with E-state index < -0.39 is 0 Å². The third-order valence-corrected chi connectivity index (χ3v) is 5.82. The van der Waals surface area contributed by atoms with E-state index in [0.717, 1.165) is 39.2 Å². The molecule has 0 fully saturated rings. The molecule has 5 nitrogen and oxygen atoms in total. The maximum Gasteiger partial charge on any atom is 0.231 e. The van der Waals surface area contributed by atoms with Crippen molar-refractivity contribution in [2.24, 2.45) is 4.99 Å². The van der Waals surface area contributed by atoms with Crippen LogP contribution in [0.3, 0.4) is 0 Å². The van der Waals surface area contributed by atoms with E-state index in [-0.39, 0.29) is 17.9 Å². The molecule has 27 heavy (non-hydrogen) atoms. The van der Waals surface area contributed by atoms with Gasteiger partial charge in [0.2, 0.25) is 6.79 Å². The number of aryl methyl sites for hydroxylation is 1. The number of ether oxygens (including phenoxy) is 2. The second-order valence-electron chi connectivity index (χ2n) is 6.46. The Labute approximate surface area is 159 Å². The molecule has 5 rings (SSSR count). The fraction of sp³-hybridized carbons (Fsp3) is 0.200. The lowest BCUT2D eigenvalue weighted by Gasteiger charge is -2.22. The van der Waals surface area contributed by atoms with Gasteiger partial charge in [0, 0.05) is 5.56 Å². The SMILES string of the molecule is CC1=Nc2c(c(C)nn2-c2cccc(F)c2)[C@H](c2ccc3c(c2)OCO3)S1. The molecule has 1 atom stereocenters. The van der Waals surface area contributed by atoms with Gasteiger partial charge >= 0.3 is 0 Å². The highest BCUT2D eigenvalue weighted by molar-refractivity contribution is 8.14. The van der Waals surface area contributed by atoms with E-state index in [1.54, 1.807) is 22.5 Å². The minimum Gasteiger partial charge on any atom is -0.454 e. The monoisotopic (exact) mass is 381 g/mol. The quantitative estimate of drug-likeness (QED) is 0.631. The highest BCUT2D eigenvalue weighted by atomic mass is 32.2. The van der Waals surface area contributed by atoms with Gasteiger partial charge in [-0.25, -0.2) is 14.1 Å².